The maximum absolute atomic E-state index is 6.11. The van der Waals surface area contributed by atoms with E-state index < -0.39 is 0 Å². The predicted molar refractivity (Wildman–Crippen MR) is 65.9 cm³/mol. The van der Waals surface area contributed by atoms with Crippen LogP contribution in [0.25, 0.3) is 0 Å². The highest BCUT2D eigenvalue weighted by Crippen LogP contribution is 2.13. The van der Waals surface area contributed by atoms with E-state index in [0.29, 0.717) is 12.1 Å². The second-order valence-corrected chi connectivity index (χ2v) is 4.76. The van der Waals surface area contributed by atoms with Crippen molar-refractivity contribution in [3.8, 4) is 0 Å². The summed E-state index contributed by atoms with van der Waals surface area (Å²) in [6, 6.07) is 0.950. The van der Waals surface area contributed by atoms with Crippen LogP contribution in [-0.2, 0) is 0 Å². The van der Waals surface area contributed by atoms with E-state index in [1.807, 2.05) is 6.08 Å². The van der Waals surface area contributed by atoms with Gasteiger partial charge in [0.2, 0.25) is 0 Å². The lowest BCUT2D eigenvalue weighted by atomic mass is 10.0. The summed E-state index contributed by atoms with van der Waals surface area (Å²) < 4.78 is 0. The molecule has 0 aromatic heterocycles. The van der Waals surface area contributed by atoms with Crippen molar-refractivity contribution >= 4 is 0 Å². The van der Waals surface area contributed by atoms with E-state index in [-0.39, 0.29) is 0 Å². The van der Waals surface area contributed by atoms with Crippen LogP contribution in [0.1, 0.15) is 19.3 Å². The Hall–Kier alpha value is -0.380. The van der Waals surface area contributed by atoms with Crippen LogP contribution in [-0.4, -0.2) is 55.6 Å². The number of likely N-dealkylation sites (N-methyl/N-ethyl adjacent to an activating group) is 2. The summed E-state index contributed by atoms with van der Waals surface area (Å²) in [5.74, 6) is 0. The summed E-state index contributed by atoms with van der Waals surface area (Å²) in [6.07, 6.45) is 5.16. The van der Waals surface area contributed by atoms with E-state index in [1.54, 1.807) is 0 Å². The van der Waals surface area contributed by atoms with Gasteiger partial charge in [-0.2, -0.15) is 0 Å². The first-order chi connectivity index (χ1) is 7.13. The van der Waals surface area contributed by atoms with Crippen molar-refractivity contribution in [2.24, 2.45) is 5.73 Å². The van der Waals surface area contributed by atoms with E-state index in [2.05, 4.69) is 30.5 Å². The third-order valence-corrected chi connectivity index (χ3v) is 3.30. The summed E-state index contributed by atoms with van der Waals surface area (Å²) in [4.78, 5) is 4.83. The van der Waals surface area contributed by atoms with E-state index in [1.165, 1.54) is 6.54 Å². The van der Waals surface area contributed by atoms with Gasteiger partial charge in [-0.3, -0.25) is 0 Å². The van der Waals surface area contributed by atoms with Gasteiger partial charge >= 0.3 is 0 Å². The van der Waals surface area contributed by atoms with E-state index >= 15 is 0 Å². The fourth-order valence-electron chi connectivity index (χ4n) is 2.16. The number of hydrogen-bond acceptors (Lipinski definition) is 3. The van der Waals surface area contributed by atoms with Crippen LogP contribution in [0.15, 0.2) is 12.7 Å². The molecular weight excluding hydrogens is 186 g/mol. The molecule has 88 valence electrons. The van der Waals surface area contributed by atoms with Crippen molar-refractivity contribution in [1.82, 2.24) is 9.80 Å². The molecule has 15 heavy (non-hydrogen) atoms. The average Bonchev–Trinajstić information content (AvgIpc) is 2.20. The second kappa shape index (κ2) is 6.26. The molecular formula is C12H25N3. The average molecular weight is 211 g/mol. The van der Waals surface area contributed by atoms with Crippen LogP contribution in [0, 0.1) is 0 Å². The molecule has 0 spiro atoms. The van der Waals surface area contributed by atoms with Crippen LogP contribution >= 0.6 is 0 Å². The molecule has 2 atom stereocenters. The van der Waals surface area contributed by atoms with Crippen molar-refractivity contribution < 1.29 is 0 Å². The monoisotopic (exact) mass is 211 g/mol. The van der Waals surface area contributed by atoms with Crippen molar-refractivity contribution in [3.05, 3.63) is 12.7 Å². The summed E-state index contributed by atoms with van der Waals surface area (Å²) in [7, 11) is 4.40. The number of nitrogens with two attached hydrogens (primary N) is 1. The number of piperazine rings is 1. The van der Waals surface area contributed by atoms with Crippen molar-refractivity contribution in [2.75, 3.05) is 33.7 Å². The zero-order valence-corrected chi connectivity index (χ0v) is 10.2. The Morgan fingerprint density at radius 3 is 2.87 bits per heavy atom. The normalized spacial score (nSPS) is 26.5. The van der Waals surface area contributed by atoms with Gasteiger partial charge in [0, 0.05) is 31.7 Å². The molecule has 1 aliphatic rings. The smallest absolute Gasteiger partial charge is 0.0235 e. The molecule has 0 amide bonds. The maximum atomic E-state index is 6.11. The van der Waals surface area contributed by atoms with Gasteiger partial charge in [-0.15, -0.1) is 6.58 Å². The molecule has 0 radical (unpaired) electrons. The fraction of sp³-hybridized carbons (Fsp3) is 0.833. The zero-order chi connectivity index (χ0) is 11.3. The minimum atomic E-state index is 0.321. The highest BCUT2D eigenvalue weighted by atomic mass is 15.3. The number of nitrogens with zero attached hydrogens (tertiary/aromatic N) is 2. The minimum Gasteiger partial charge on any atom is -0.328 e. The molecule has 0 aliphatic carbocycles. The lowest BCUT2D eigenvalue weighted by molar-refractivity contribution is 0.103. The van der Waals surface area contributed by atoms with Gasteiger partial charge in [0.15, 0.2) is 0 Å². The van der Waals surface area contributed by atoms with E-state index in [9.17, 15) is 0 Å². The van der Waals surface area contributed by atoms with Gasteiger partial charge < -0.3 is 15.5 Å². The Morgan fingerprint density at radius 1 is 1.47 bits per heavy atom. The molecule has 1 saturated heterocycles. The van der Waals surface area contributed by atoms with Gasteiger partial charge in [0.25, 0.3) is 0 Å². The number of hydrogen-bond donors (Lipinski definition) is 1. The first kappa shape index (κ1) is 12.7. The van der Waals surface area contributed by atoms with Gasteiger partial charge in [0.05, 0.1) is 0 Å². The largest absolute Gasteiger partial charge is 0.328 e. The third kappa shape index (κ3) is 4.33. The molecule has 3 heteroatoms. The van der Waals surface area contributed by atoms with Crippen molar-refractivity contribution in [1.29, 1.82) is 0 Å². The topological polar surface area (TPSA) is 32.5 Å². The van der Waals surface area contributed by atoms with Crippen molar-refractivity contribution in [3.63, 3.8) is 0 Å². The Kier molecular flexibility index (Phi) is 5.29. The SMILES string of the molecule is C=CCCC(N)CC1CN(C)CCN1C. The maximum Gasteiger partial charge on any atom is 0.0235 e. The summed E-state index contributed by atoms with van der Waals surface area (Å²) in [5.41, 5.74) is 6.11. The van der Waals surface area contributed by atoms with Crippen molar-refractivity contribution in [2.45, 2.75) is 31.3 Å². The summed E-state index contributed by atoms with van der Waals surface area (Å²) in [6.45, 7) is 7.22. The Labute approximate surface area is 93.9 Å². The molecule has 0 aromatic rings. The van der Waals surface area contributed by atoms with Gasteiger partial charge in [-0.25, -0.2) is 0 Å². The molecule has 1 fully saturated rings. The molecule has 0 bridgehead atoms. The van der Waals surface area contributed by atoms with Crippen LogP contribution in [0.4, 0.5) is 0 Å². The highest BCUT2D eigenvalue weighted by Gasteiger charge is 2.23. The Morgan fingerprint density at radius 2 is 2.20 bits per heavy atom. The van der Waals surface area contributed by atoms with Crippen LogP contribution in [0.5, 0.6) is 0 Å². The predicted octanol–water partition coefficient (Wildman–Crippen LogP) is 0.916. The van der Waals surface area contributed by atoms with Gasteiger partial charge in [-0.1, -0.05) is 6.08 Å². The first-order valence-corrected chi connectivity index (χ1v) is 5.88. The number of allylic oxidation sites excluding steroid dienone is 1. The highest BCUT2D eigenvalue weighted by molar-refractivity contribution is 4.83. The Bertz CT molecular complexity index is 193. The van der Waals surface area contributed by atoms with Crippen LogP contribution in [0.3, 0.4) is 0 Å². The summed E-state index contributed by atoms with van der Waals surface area (Å²) in [5, 5.41) is 0. The van der Waals surface area contributed by atoms with Crippen LogP contribution < -0.4 is 5.73 Å². The second-order valence-electron chi connectivity index (χ2n) is 4.76. The molecule has 0 aromatic carbocycles. The summed E-state index contributed by atoms with van der Waals surface area (Å²) >= 11 is 0. The fourth-order valence-corrected chi connectivity index (χ4v) is 2.16. The molecule has 2 unspecified atom stereocenters. The van der Waals surface area contributed by atoms with E-state index in [0.717, 1.165) is 32.4 Å². The molecule has 1 aliphatic heterocycles. The van der Waals surface area contributed by atoms with Crippen LogP contribution in [0.2, 0.25) is 0 Å². The minimum absolute atomic E-state index is 0.321. The van der Waals surface area contributed by atoms with Gasteiger partial charge in [0.1, 0.15) is 0 Å². The lowest BCUT2D eigenvalue weighted by Crippen LogP contribution is -2.51. The van der Waals surface area contributed by atoms with Gasteiger partial charge in [-0.05, 0) is 33.4 Å². The zero-order valence-electron chi connectivity index (χ0n) is 10.2. The molecule has 2 N–H and O–H groups in total. The number of rotatable bonds is 5. The Balaban J connectivity index is 2.31. The quantitative estimate of drug-likeness (QED) is 0.686. The lowest BCUT2D eigenvalue weighted by Gasteiger charge is -2.38. The molecule has 1 rings (SSSR count). The molecule has 1 heterocycles. The van der Waals surface area contributed by atoms with E-state index in [4.69, 9.17) is 5.73 Å². The standard InChI is InChI=1S/C12H25N3/c1-4-5-6-11(13)9-12-10-14(2)7-8-15(12)3/h4,11-12H,1,5-10,13H2,2-3H3. The molecule has 0 saturated carbocycles. The molecule has 3 nitrogen and oxygen atoms in total. The first-order valence-electron chi connectivity index (χ1n) is 5.88. The third-order valence-electron chi connectivity index (χ3n) is 3.30.